The van der Waals surface area contributed by atoms with Gasteiger partial charge in [-0.05, 0) is 49.4 Å². The molecule has 0 saturated carbocycles. The number of carbonyl (C=O) groups is 2. The van der Waals surface area contributed by atoms with E-state index in [0.29, 0.717) is 16.9 Å². The SMILES string of the molecule is COc1ccccc1NS(=O)(=O)c1ccc(C(=O)NNC(=O)c2oc3ccccc3c2C)cc1. The molecule has 0 radical (unpaired) electrons. The highest BCUT2D eigenvalue weighted by Crippen LogP contribution is 2.26. The third kappa shape index (κ3) is 4.57. The lowest BCUT2D eigenvalue weighted by Crippen LogP contribution is -2.41. The molecule has 0 fully saturated rings. The summed E-state index contributed by atoms with van der Waals surface area (Å²) in [6, 6.07) is 19.1. The maximum atomic E-state index is 12.7. The number of aryl methyl sites for hydroxylation is 1. The normalized spacial score (nSPS) is 11.1. The minimum absolute atomic E-state index is 0.0445. The van der Waals surface area contributed by atoms with E-state index in [4.69, 9.17) is 9.15 Å². The molecule has 0 aliphatic carbocycles. The lowest BCUT2D eigenvalue weighted by atomic mass is 10.1. The molecule has 1 aromatic heterocycles. The number of para-hydroxylation sites is 3. The zero-order chi connectivity index (χ0) is 24.3. The van der Waals surface area contributed by atoms with Crippen molar-refractivity contribution in [1.29, 1.82) is 0 Å². The third-order valence-corrected chi connectivity index (χ3v) is 6.50. The van der Waals surface area contributed by atoms with Crippen molar-refractivity contribution in [3.8, 4) is 5.75 Å². The van der Waals surface area contributed by atoms with Crippen molar-refractivity contribution in [2.24, 2.45) is 0 Å². The van der Waals surface area contributed by atoms with Crippen LogP contribution in [0.2, 0.25) is 0 Å². The van der Waals surface area contributed by atoms with Crippen LogP contribution in [-0.2, 0) is 10.0 Å². The third-order valence-electron chi connectivity index (χ3n) is 5.12. The number of nitrogens with one attached hydrogen (secondary N) is 3. The van der Waals surface area contributed by atoms with E-state index >= 15 is 0 Å². The quantitative estimate of drug-likeness (QED) is 0.363. The summed E-state index contributed by atoms with van der Waals surface area (Å²) in [6.45, 7) is 1.75. The Morgan fingerprint density at radius 1 is 0.853 bits per heavy atom. The Kier molecular flexibility index (Phi) is 6.24. The fourth-order valence-electron chi connectivity index (χ4n) is 3.35. The predicted octanol–water partition coefficient (Wildman–Crippen LogP) is 3.63. The molecule has 0 bridgehead atoms. The minimum atomic E-state index is -3.91. The van der Waals surface area contributed by atoms with Crippen LogP contribution in [0, 0.1) is 6.92 Å². The van der Waals surface area contributed by atoms with Crippen LogP contribution in [0.15, 0.2) is 82.1 Å². The monoisotopic (exact) mass is 479 g/mol. The second kappa shape index (κ2) is 9.28. The highest BCUT2D eigenvalue weighted by molar-refractivity contribution is 7.92. The summed E-state index contributed by atoms with van der Waals surface area (Å²) >= 11 is 0. The van der Waals surface area contributed by atoms with E-state index < -0.39 is 21.8 Å². The fraction of sp³-hybridized carbons (Fsp3) is 0.0833. The van der Waals surface area contributed by atoms with Crippen LogP contribution in [0.4, 0.5) is 5.69 Å². The van der Waals surface area contributed by atoms with Gasteiger partial charge in [-0.3, -0.25) is 25.2 Å². The van der Waals surface area contributed by atoms with Crippen LogP contribution < -0.4 is 20.3 Å². The maximum absolute atomic E-state index is 12.7. The van der Waals surface area contributed by atoms with E-state index in [0.717, 1.165) is 5.39 Å². The Hall–Kier alpha value is -4.31. The van der Waals surface area contributed by atoms with Crippen molar-refractivity contribution < 1.29 is 27.2 Å². The Labute approximate surface area is 195 Å². The molecule has 10 heteroatoms. The summed E-state index contributed by atoms with van der Waals surface area (Å²) in [7, 11) is -2.47. The average molecular weight is 480 g/mol. The molecular formula is C24H21N3O6S. The van der Waals surface area contributed by atoms with Crippen molar-refractivity contribution in [1.82, 2.24) is 10.9 Å². The van der Waals surface area contributed by atoms with E-state index in [1.807, 2.05) is 12.1 Å². The first kappa shape index (κ1) is 22.9. The van der Waals surface area contributed by atoms with Gasteiger partial charge in [-0.25, -0.2) is 8.42 Å². The Balaban J connectivity index is 1.42. The molecule has 4 aromatic rings. The highest BCUT2D eigenvalue weighted by atomic mass is 32.2. The van der Waals surface area contributed by atoms with Crippen molar-refractivity contribution in [3.05, 3.63) is 89.7 Å². The lowest BCUT2D eigenvalue weighted by Gasteiger charge is -2.12. The number of rotatable bonds is 6. The largest absolute Gasteiger partial charge is 0.495 e. The van der Waals surface area contributed by atoms with Gasteiger partial charge in [0, 0.05) is 16.5 Å². The summed E-state index contributed by atoms with van der Waals surface area (Å²) < 4.78 is 38.6. The molecule has 0 aliphatic heterocycles. The molecule has 4 rings (SSSR count). The van der Waals surface area contributed by atoms with Crippen LogP contribution in [0.1, 0.15) is 26.5 Å². The second-order valence-electron chi connectivity index (χ2n) is 7.29. The maximum Gasteiger partial charge on any atom is 0.305 e. The number of hydrogen-bond donors (Lipinski definition) is 3. The number of anilines is 1. The van der Waals surface area contributed by atoms with E-state index in [2.05, 4.69) is 15.6 Å². The van der Waals surface area contributed by atoms with Gasteiger partial charge in [-0.2, -0.15) is 0 Å². The van der Waals surface area contributed by atoms with Gasteiger partial charge >= 0.3 is 5.91 Å². The number of fused-ring (bicyclic) bond motifs is 1. The van der Waals surface area contributed by atoms with E-state index in [1.165, 1.54) is 31.4 Å². The molecule has 0 aliphatic rings. The number of benzene rings is 3. The molecule has 1 heterocycles. The van der Waals surface area contributed by atoms with E-state index in [1.54, 1.807) is 43.3 Å². The van der Waals surface area contributed by atoms with E-state index in [9.17, 15) is 18.0 Å². The number of sulfonamides is 1. The lowest BCUT2D eigenvalue weighted by molar-refractivity contribution is 0.0831. The highest BCUT2D eigenvalue weighted by Gasteiger charge is 2.19. The molecule has 2 amide bonds. The van der Waals surface area contributed by atoms with Gasteiger partial charge < -0.3 is 9.15 Å². The predicted molar refractivity (Wildman–Crippen MR) is 126 cm³/mol. The van der Waals surface area contributed by atoms with Crippen LogP contribution in [0.3, 0.4) is 0 Å². The number of furan rings is 1. The number of ether oxygens (including phenoxy) is 1. The second-order valence-corrected chi connectivity index (χ2v) is 8.97. The average Bonchev–Trinajstić information content (AvgIpc) is 3.19. The first-order valence-electron chi connectivity index (χ1n) is 10.1. The van der Waals surface area contributed by atoms with E-state index in [-0.39, 0.29) is 21.9 Å². The molecule has 9 nitrogen and oxygen atoms in total. The van der Waals surface area contributed by atoms with Gasteiger partial charge in [-0.15, -0.1) is 0 Å². The Morgan fingerprint density at radius 2 is 1.50 bits per heavy atom. The van der Waals surface area contributed by atoms with Crippen LogP contribution >= 0.6 is 0 Å². The van der Waals surface area contributed by atoms with Gasteiger partial charge in [0.2, 0.25) is 0 Å². The molecule has 3 N–H and O–H groups in total. The summed E-state index contributed by atoms with van der Waals surface area (Å²) in [4.78, 5) is 24.9. The number of methoxy groups -OCH3 is 1. The number of hydrazine groups is 1. The zero-order valence-corrected chi connectivity index (χ0v) is 19.1. The molecule has 0 unspecified atom stereocenters. The van der Waals surface area contributed by atoms with Crippen LogP contribution in [0.25, 0.3) is 11.0 Å². The van der Waals surface area contributed by atoms with Crippen molar-refractivity contribution in [2.75, 3.05) is 11.8 Å². The Morgan fingerprint density at radius 3 is 2.21 bits per heavy atom. The molecule has 0 saturated heterocycles. The Bertz CT molecular complexity index is 1480. The van der Waals surface area contributed by atoms with Crippen molar-refractivity contribution >= 4 is 38.5 Å². The standard InChI is InChI=1S/C24H21N3O6S/c1-15-18-7-3-5-9-20(18)33-22(15)24(29)26-25-23(28)16-11-13-17(14-12-16)34(30,31)27-19-8-4-6-10-21(19)32-2/h3-14,27H,1-2H3,(H,25,28)(H,26,29). The van der Waals surface area contributed by atoms with Gasteiger partial charge in [0.1, 0.15) is 11.3 Å². The van der Waals surface area contributed by atoms with Gasteiger partial charge in [-0.1, -0.05) is 30.3 Å². The van der Waals surface area contributed by atoms with Gasteiger partial charge in [0.15, 0.2) is 5.76 Å². The molecule has 0 spiro atoms. The number of hydrogen-bond acceptors (Lipinski definition) is 6. The first-order chi connectivity index (χ1) is 16.3. The van der Waals surface area contributed by atoms with Gasteiger partial charge in [0.25, 0.3) is 15.9 Å². The molecule has 0 atom stereocenters. The zero-order valence-electron chi connectivity index (χ0n) is 18.3. The topological polar surface area (TPSA) is 127 Å². The van der Waals surface area contributed by atoms with Crippen LogP contribution in [-0.4, -0.2) is 27.3 Å². The van der Waals surface area contributed by atoms with Crippen LogP contribution in [0.5, 0.6) is 5.75 Å². The minimum Gasteiger partial charge on any atom is -0.495 e. The van der Waals surface area contributed by atoms with Crippen molar-refractivity contribution in [2.45, 2.75) is 11.8 Å². The molecular weight excluding hydrogens is 458 g/mol. The first-order valence-corrected chi connectivity index (χ1v) is 11.6. The fourth-order valence-corrected chi connectivity index (χ4v) is 4.42. The summed E-state index contributed by atoms with van der Waals surface area (Å²) in [6.07, 6.45) is 0. The summed E-state index contributed by atoms with van der Waals surface area (Å²) in [5, 5.41) is 0.803. The summed E-state index contributed by atoms with van der Waals surface area (Å²) in [5.41, 5.74) is 6.27. The molecule has 174 valence electrons. The number of carbonyl (C=O) groups excluding carboxylic acids is 2. The smallest absolute Gasteiger partial charge is 0.305 e. The molecule has 3 aromatic carbocycles. The molecule has 34 heavy (non-hydrogen) atoms. The number of amides is 2. The van der Waals surface area contributed by atoms with Crippen molar-refractivity contribution in [3.63, 3.8) is 0 Å². The summed E-state index contributed by atoms with van der Waals surface area (Å²) in [5.74, 6) is -0.770. The van der Waals surface area contributed by atoms with Gasteiger partial charge in [0.05, 0.1) is 17.7 Å².